The van der Waals surface area contributed by atoms with Crippen molar-refractivity contribution < 1.29 is 4.74 Å². The maximum atomic E-state index is 5.85. The highest BCUT2D eigenvalue weighted by Crippen LogP contribution is 2.31. The van der Waals surface area contributed by atoms with Crippen molar-refractivity contribution in [2.75, 3.05) is 0 Å². The number of hydrogen-bond donors (Lipinski definition) is 1. The van der Waals surface area contributed by atoms with Gasteiger partial charge in [0.2, 0.25) is 5.88 Å². The van der Waals surface area contributed by atoms with Crippen LogP contribution in [-0.4, -0.2) is 21.1 Å². The van der Waals surface area contributed by atoms with Crippen molar-refractivity contribution in [1.82, 2.24) is 9.97 Å². The predicted molar refractivity (Wildman–Crippen MR) is 74.5 cm³/mol. The number of ether oxygens (including phenoxy) is 1. The number of nitrogens with zero attached hydrogens (tertiary/aromatic N) is 2. The summed E-state index contributed by atoms with van der Waals surface area (Å²) in [5.74, 6) is 2.04. The van der Waals surface area contributed by atoms with E-state index in [0.717, 1.165) is 18.8 Å². The molecule has 3 atom stereocenters. The van der Waals surface area contributed by atoms with Gasteiger partial charge in [-0.3, -0.25) is 0 Å². The Labute approximate surface area is 113 Å². The molecule has 5 heteroatoms. The molecule has 0 spiro atoms. The highest BCUT2D eigenvalue weighted by atomic mass is 32.1. The molecule has 3 unspecified atom stereocenters. The molecule has 1 saturated carbocycles. The molecule has 2 N–H and O–H groups in total. The van der Waals surface area contributed by atoms with E-state index in [4.69, 9.17) is 22.7 Å². The predicted octanol–water partition coefficient (Wildman–Crippen LogP) is 2.31. The molecule has 0 saturated heterocycles. The van der Waals surface area contributed by atoms with Gasteiger partial charge < -0.3 is 10.5 Å². The Morgan fingerprint density at radius 2 is 2.06 bits per heavy atom. The van der Waals surface area contributed by atoms with Gasteiger partial charge in [0.1, 0.15) is 16.8 Å². The minimum atomic E-state index is 0.251. The molecule has 18 heavy (non-hydrogen) atoms. The fourth-order valence-electron chi connectivity index (χ4n) is 2.28. The number of rotatable bonds is 3. The number of aromatic nitrogens is 2. The van der Waals surface area contributed by atoms with E-state index in [0.29, 0.717) is 17.5 Å². The van der Waals surface area contributed by atoms with Crippen LogP contribution in [0.25, 0.3) is 0 Å². The Morgan fingerprint density at radius 1 is 1.28 bits per heavy atom. The Hall–Kier alpha value is -1.23. The molecule has 1 fully saturated rings. The van der Waals surface area contributed by atoms with Crippen LogP contribution in [0.2, 0.25) is 0 Å². The largest absolute Gasteiger partial charge is 0.473 e. The summed E-state index contributed by atoms with van der Waals surface area (Å²) in [6.45, 7) is 4.58. The van der Waals surface area contributed by atoms with Gasteiger partial charge in [0.25, 0.3) is 0 Å². The van der Waals surface area contributed by atoms with Crippen molar-refractivity contribution in [3.63, 3.8) is 0 Å². The smallest absolute Gasteiger partial charge is 0.232 e. The zero-order valence-electron chi connectivity index (χ0n) is 10.8. The van der Waals surface area contributed by atoms with Gasteiger partial charge in [0, 0.05) is 0 Å². The summed E-state index contributed by atoms with van der Waals surface area (Å²) in [6.07, 6.45) is 6.79. The van der Waals surface area contributed by atoms with E-state index >= 15 is 0 Å². The van der Waals surface area contributed by atoms with E-state index in [1.54, 1.807) is 12.4 Å². The molecule has 4 nitrogen and oxygen atoms in total. The lowest BCUT2D eigenvalue weighted by atomic mass is 9.80. The maximum Gasteiger partial charge on any atom is 0.232 e. The van der Waals surface area contributed by atoms with Crippen molar-refractivity contribution >= 4 is 17.2 Å². The summed E-state index contributed by atoms with van der Waals surface area (Å²) >= 11 is 4.83. The van der Waals surface area contributed by atoms with Crippen molar-refractivity contribution in [2.24, 2.45) is 17.6 Å². The first kappa shape index (κ1) is 13.2. The van der Waals surface area contributed by atoms with Crippen LogP contribution in [0, 0.1) is 11.8 Å². The first-order valence-electron chi connectivity index (χ1n) is 6.34. The van der Waals surface area contributed by atoms with Crippen LogP contribution in [0.15, 0.2) is 12.4 Å². The van der Waals surface area contributed by atoms with E-state index in [1.165, 1.54) is 6.42 Å². The molecule has 1 aliphatic rings. The van der Waals surface area contributed by atoms with E-state index < -0.39 is 0 Å². The normalized spacial score (nSPS) is 27.8. The third-order valence-corrected chi connectivity index (χ3v) is 3.93. The zero-order valence-corrected chi connectivity index (χ0v) is 11.6. The second kappa shape index (κ2) is 5.61. The van der Waals surface area contributed by atoms with Gasteiger partial charge in [-0.25, -0.2) is 9.97 Å². The average Bonchev–Trinajstić information content (AvgIpc) is 2.34. The summed E-state index contributed by atoms with van der Waals surface area (Å²) in [7, 11) is 0. The number of nitrogens with two attached hydrogens (primary N) is 1. The highest BCUT2D eigenvalue weighted by Gasteiger charge is 2.26. The Balaban J connectivity index is 1.95. The Kier molecular flexibility index (Phi) is 4.11. The van der Waals surface area contributed by atoms with Gasteiger partial charge in [-0.1, -0.05) is 26.1 Å². The van der Waals surface area contributed by atoms with Crippen LogP contribution in [0.3, 0.4) is 0 Å². The quantitative estimate of drug-likeness (QED) is 0.850. The third-order valence-electron chi connectivity index (χ3n) is 3.72. The molecule has 2 rings (SSSR count). The molecule has 98 valence electrons. The molecule has 0 aliphatic heterocycles. The second-order valence-electron chi connectivity index (χ2n) is 5.11. The summed E-state index contributed by atoms with van der Waals surface area (Å²) < 4.78 is 5.85. The van der Waals surface area contributed by atoms with E-state index in [9.17, 15) is 0 Å². The summed E-state index contributed by atoms with van der Waals surface area (Å²) in [6, 6.07) is 0. The van der Waals surface area contributed by atoms with Gasteiger partial charge in [-0.15, -0.1) is 0 Å². The first-order valence-corrected chi connectivity index (χ1v) is 6.75. The van der Waals surface area contributed by atoms with Crippen LogP contribution in [0.5, 0.6) is 5.88 Å². The van der Waals surface area contributed by atoms with Crippen molar-refractivity contribution in [2.45, 2.75) is 39.2 Å². The van der Waals surface area contributed by atoms with Crippen LogP contribution in [0.1, 0.15) is 38.8 Å². The maximum absolute atomic E-state index is 5.85. The molecule has 0 bridgehead atoms. The summed E-state index contributed by atoms with van der Waals surface area (Å²) in [5.41, 5.74) is 6.00. The molecular formula is C13H19N3OS. The van der Waals surface area contributed by atoms with Crippen LogP contribution >= 0.6 is 12.2 Å². The number of thiocarbonyl (C=S) groups is 1. The summed E-state index contributed by atoms with van der Waals surface area (Å²) in [4.78, 5) is 8.57. The molecule has 1 heterocycles. The molecule has 0 aromatic carbocycles. The van der Waals surface area contributed by atoms with Gasteiger partial charge in [0.15, 0.2) is 0 Å². The molecule has 0 radical (unpaired) electrons. The van der Waals surface area contributed by atoms with Crippen LogP contribution < -0.4 is 10.5 Å². The second-order valence-corrected chi connectivity index (χ2v) is 5.55. The SMILES string of the molecule is CC1CCC(Oc2cnc(C(N)=S)cn2)CC1C. The number of hydrogen-bond acceptors (Lipinski definition) is 4. The molecule has 1 aliphatic carbocycles. The topological polar surface area (TPSA) is 61.0 Å². The molecule has 0 amide bonds. The summed E-state index contributed by atoms with van der Waals surface area (Å²) in [5, 5.41) is 0. The zero-order chi connectivity index (χ0) is 13.1. The first-order chi connectivity index (χ1) is 8.56. The van der Waals surface area contributed by atoms with E-state index in [-0.39, 0.29) is 11.1 Å². The standard InChI is InChI=1S/C13H19N3OS/c1-8-3-4-10(5-9(8)2)17-12-7-15-11(6-16-12)13(14)18/h6-10H,3-5H2,1-2H3,(H2,14,18). The van der Waals surface area contributed by atoms with E-state index in [1.807, 2.05) is 0 Å². The van der Waals surface area contributed by atoms with E-state index in [2.05, 4.69) is 23.8 Å². The fraction of sp³-hybridized carbons (Fsp3) is 0.615. The van der Waals surface area contributed by atoms with Crippen molar-refractivity contribution in [3.8, 4) is 5.88 Å². The lowest BCUT2D eigenvalue weighted by Crippen LogP contribution is -2.29. The van der Waals surface area contributed by atoms with Gasteiger partial charge in [-0.05, 0) is 31.1 Å². The monoisotopic (exact) mass is 265 g/mol. The van der Waals surface area contributed by atoms with Crippen LogP contribution in [0.4, 0.5) is 0 Å². The third kappa shape index (κ3) is 3.16. The minimum absolute atomic E-state index is 0.251. The minimum Gasteiger partial charge on any atom is -0.473 e. The Morgan fingerprint density at radius 3 is 2.61 bits per heavy atom. The average molecular weight is 265 g/mol. The van der Waals surface area contributed by atoms with Gasteiger partial charge in [-0.2, -0.15) is 0 Å². The molecule has 1 aromatic heterocycles. The van der Waals surface area contributed by atoms with Crippen molar-refractivity contribution in [1.29, 1.82) is 0 Å². The van der Waals surface area contributed by atoms with Crippen LogP contribution in [-0.2, 0) is 0 Å². The molecular weight excluding hydrogens is 246 g/mol. The molecule has 1 aromatic rings. The lowest BCUT2D eigenvalue weighted by Gasteiger charge is -2.31. The highest BCUT2D eigenvalue weighted by molar-refractivity contribution is 7.80. The van der Waals surface area contributed by atoms with Gasteiger partial charge in [0.05, 0.1) is 12.4 Å². The van der Waals surface area contributed by atoms with Gasteiger partial charge >= 0.3 is 0 Å². The lowest BCUT2D eigenvalue weighted by molar-refractivity contribution is 0.0960. The van der Waals surface area contributed by atoms with Crippen molar-refractivity contribution in [3.05, 3.63) is 18.1 Å². The Bertz CT molecular complexity index is 421. The fourth-order valence-corrected chi connectivity index (χ4v) is 2.39.